The summed E-state index contributed by atoms with van der Waals surface area (Å²) in [6, 6.07) is 0. The molecule has 1 rings (SSSR count). The van der Waals surface area contributed by atoms with Crippen molar-refractivity contribution in [2.45, 2.75) is 19.8 Å². The van der Waals surface area contributed by atoms with Crippen LogP contribution in [0.25, 0.3) is 0 Å². The van der Waals surface area contributed by atoms with Crippen molar-refractivity contribution in [3.8, 4) is 0 Å². The lowest BCUT2D eigenvalue weighted by atomic mass is 10.0. The van der Waals surface area contributed by atoms with E-state index in [0.717, 1.165) is 0 Å². The minimum Gasteiger partial charge on any atom is -0.478 e. The summed E-state index contributed by atoms with van der Waals surface area (Å²) in [4.78, 5) is 21.1. The molecule has 0 unspecified atom stereocenters. The predicted molar refractivity (Wildman–Crippen MR) is 40.7 cm³/mol. The lowest BCUT2D eigenvalue weighted by Crippen LogP contribution is -2.10. The molecule has 1 atom stereocenters. The Morgan fingerprint density at radius 1 is 1.33 bits per heavy atom. The fourth-order valence-electron chi connectivity index (χ4n) is 1.50. The van der Waals surface area contributed by atoms with Gasteiger partial charge in [0.25, 0.3) is 0 Å². The van der Waals surface area contributed by atoms with E-state index in [1.807, 2.05) is 0 Å². The Hall–Kier alpha value is -1.32. The Labute approximate surface area is 69.5 Å². The van der Waals surface area contributed by atoms with E-state index < -0.39 is 11.9 Å². The highest BCUT2D eigenvalue weighted by molar-refractivity contribution is 6.00. The minimum absolute atomic E-state index is 0.0648. The van der Waals surface area contributed by atoms with Crippen LogP contribution >= 0.6 is 0 Å². The van der Waals surface area contributed by atoms with Crippen LogP contribution in [0, 0.1) is 5.92 Å². The van der Waals surface area contributed by atoms with Gasteiger partial charge < -0.3 is 10.2 Å². The molecule has 1 aliphatic rings. The van der Waals surface area contributed by atoms with Crippen molar-refractivity contribution in [2.24, 2.45) is 5.92 Å². The highest BCUT2D eigenvalue weighted by Crippen LogP contribution is 2.31. The van der Waals surface area contributed by atoms with Gasteiger partial charge in [-0.15, -0.1) is 0 Å². The van der Waals surface area contributed by atoms with E-state index in [2.05, 4.69) is 0 Å². The van der Waals surface area contributed by atoms with Crippen molar-refractivity contribution < 1.29 is 19.8 Å². The van der Waals surface area contributed by atoms with Crippen LogP contribution in [0.15, 0.2) is 11.1 Å². The lowest BCUT2D eigenvalue weighted by molar-refractivity contribution is -0.136. The monoisotopic (exact) mass is 170 g/mol. The molecule has 4 heteroatoms. The molecule has 0 aromatic carbocycles. The Kier molecular flexibility index (Phi) is 2.17. The van der Waals surface area contributed by atoms with E-state index in [-0.39, 0.29) is 17.1 Å². The zero-order valence-corrected chi connectivity index (χ0v) is 6.70. The van der Waals surface area contributed by atoms with Gasteiger partial charge in [-0.1, -0.05) is 6.92 Å². The highest BCUT2D eigenvalue weighted by atomic mass is 16.4. The van der Waals surface area contributed by atoms with Gasteiger partial charge in [0.1, 0.15) is 0 Å². The summed E-state index contributed by atoms with van der Waals surface area (Å²) in [5.74, 6) is -2.33. The molecular weight excluding hydrogens is 160 g/mol. The molecule has 12 heavy (non-hydrogen) atoms. The first-order valence-corrected chi connectivity index (χ1v) is 3.73. The maximum atomic E-state index is 10.6. The van der Waals surface area contributed by atoms with Crippen molar-refractivity contribution >= 4 is 11.9 Å². The third-order valence-electron chi connectivity index (χ3n) is 2.13. The molecule has 0 heterocycles. The first kappa shape index (κ1) is 8.77. The zero-order valence-electron chi connectivity index (χ0n) is 6.70. The van der Waals surface area contributed by atoms with Gasteiger partial charge in [0, 0.05) is 5.57 Å². The summed E-state index contributed by atoms with van der Waals surface area (Å²) in [7, 11) is 0. The smallest absolute Gasteiger partial charge is 0.332 e. The van der Waals surface area contributed by atoms with Crippen LogP contribution in [0.2, 0.25) is 0 Å². The van der Waals surface area contributed by atoms with E-state index in [1.54, 1.807) is 6.92 Å². The number of hydrogen-bond acceptors (Lipinski definition) is 2. The van der Waals surface area contributed by atoms with Gasteiger partial charge in [-0.2, -0.15) is 0 Å². The molecule has 0 aromatic rings. The van der Waals surface area contributed by atoms with Gasteiger partial charge >= 0.3 is 11.9 Å². The van der Waals surface area contributed by atoms with E-state index in [1.165, 1.54) is 0 Å². The number of rotatable bonds is 2. The van der Waals surface area contributed by atoms with Crippen LogP contribution in [-0.4, -0.2) is 22.2 Å². The van der Waals surface area contributed by atoms with Crippen molar-refractivity contribution in [1.29, 1.82) is 0 Å². The van der Waals surface area contributed by atoms with E-state index in [9.17, 15) is 9.59 Å². The topological polar surface area (TPSA) is 74.6 Å². The molecule has 0 saturated carbocycles. The van der Waals surface area contributed by atoms with Crippen molar-refractivity contribution in [3.05, 3.63) is 11.1 Å². The zero-order chi connectivity index (χ0) is 9.30. The molecule has 66 valence electrons. The number of carbonyl (C=O) groups is 2. The van der Waals surface area contributed by atoms with Crippen molar-refractivity contribution in [1.82, 2.24) is 0 Å². The average Bonchev–Trinajstić information content (AvgIpc) is 2.30. The Morgan fingerprint density at radius 2 is 1.92 bits per heavy atom. The summed E-state index contributed by atoms with van der Waals surface area (Å²) < 4.78 is 0. The summed E-state index contributed by atoms with van der Waals surface area (Å²) in [5.41, 5.74) is 0.137. The standard InChI is InChI=1S/C8H10O4/c1-4-2-3-5(7(9)10)6(4)8(11)12/h4H,2-3H2,1H3,(H,9,10)(H,11,12)/t4-/m1/s1. The molecule has 4 nitrogen and oxygen atoms in total. The molecule has 0 saturated heterocycles. The van der Waals surface area contributed by atoms with Crippen LogP contribution < -0.4 is 0 Å². The first-order valence-electron chi connectivity index (χ1n) is 3.73. The van der Waals surface area contributed by atoms with E-state index in [0.29, 0.717) is 12.8 Å². The molecule has 0 fully saturated rings. The molecular formula is C8H10O4. The van der Waals surface area contributed by atoms with Gasteiger partial charge in [0.15, 0.2) is 0 Å². The largest absolute Gasteiger partial charge is 0.478 e. The molecule has 2 N–H and O–H groups in total. The van der Waals surface area contributed by atoms with Crippen molar-refractivity contribution in [3.63, 3.8) is 0 Å². The molecule has 1 aliphatic carbocycles. The maximum Gasteiger partial charge on any atom is 0.332 e. The van der Waals surface area contributed by atoms with E-state index in [4.69, 9.17) is 10.2 Å². The third-order valence-corrected chi connectivity index (χ3v) is 2.13. The van der Waals surface area contributed by atoms with Crippen molar-refractivity contribution in [2.75, 3.05) is 0 Å². The molecule has 0 spiro atoms. The Bertz CT molecular complexity index is 264. The second-order valence-corrected chi connectivity index (χ2v) is 2.94. The van der Waals surface area contributed by atoms with Gasteiger partial charge in [-0.3, -0.25) is 0 Å². The molecule has 0 amide bonds. The lowest BCUT2D eigenvalue weighted by Gasteiger charge is -2.02. The second-order valence-electron chi connectivity index (χ2n) is 2.94. The molecule has 0 aromatic heterocycles. The van der Waals surface area contributed by atoms with E-state index >= 15 is 0 Å². The first-order chi connectivity index (χ1) is 5.54. The summed E-state index contributed by atoms with van der Waals surface area (Å²) in [5, 5.41) is 17.3. The average molecular weight is 170 g/mol. The van der Waals surface area contributed by atoms with Crippen LogP contribution in [0.3, 0.4) is 0 Å². The summed E-state index contributed by atoms with van der Waals surface area (Å²) in [6.07, 6.45) is 1.00. The number of hydrogen-bond donors (Lipinski definition) is 2. The number of carboxylic acid groups (broad SMARTS) is 2. The summed E-state index contributed by atoms with van der Waals surface area (Å²) >= 11 is 0. The third kappa shape index (κ3) is 1.32. The second kappa shape index (κ2) is 2.97. The normalized spacial score (nSPS) is 22.9. The van der Waals surface area contributed by atoms with Gasteiger partial charge in [0.2, 0.25) is 0 Å². The quantitative estimate of drug-likeness (QED) is 0.645. The van der Waals surface area contributed by atoms with Crippen LogP contribution in [-0.2, 0) is 9.59 Å². The Morgan fingerprint density at radius 3 is 2.25 bits per heavy atom. The highest BCUT2D eigenvalue weighted by Gasteiger charge is 2.30. The number of aliphatic carboxylic acids is 2. The molecule has 0 radical (unpaired) electrons. The SMILES string of the molecule is C[C@@H]1CCC(C(=O)O)=C1C(=O)O. The van der Waals surface area contributed by atoms with Gasteiger partial charge in [0.05, 0.1) is 5.57 Å². The van der Waals surface area contributed by atoms with Gasteiger partial charge in [-0.25, -0.2) is 9.59 Å². The maximum absolute atomic E-state index is 10.6. The van der Waals surface area contributed by atoms with Crippen LogP contribution in [0.1, 0.15) is 19.8 Å². The number of carboxylic acids is 2. The fraction of sp³-hybridized carbons (Fsp3) is 0.500. The van der Waals surface area contributed by atoms with Crippen LogP contribution in [0.5, 0.6) is 0 Å². The van der Waals surface area contributed by atoms with Crippen LogP contribution in [0.4, 0.5) is 0 Å². The molecule has 0 aliphatic heterocycles. The minimum atomic E-state index is -1.10. The molecule has 0 bridgehead atoms. The predicted octanol–water partition coefficient (Wildman–Crippen LogP) is 0.882. The van der Waals surface area contributed by atoms with Gasteiger partial charge in [-0.05, 0) is 18.8 Å². The summed E-state index contributed by atoms with van der Waals surface area (Å²) in [6.45, 7) is 1.74. The Balaban J connectivity index is 3.06. The fourth-order valence-corrected chi connectivity index (χ4v) is 1.50.